The maximum Gasteiger partial charge on any atom is 0.255 e. The molecule has 0 aliphatic rings. The summed E-state index contributed by atoms with van der Waals surface area (Å²) in [7, 11) is 3.31. The molecule has 106 valence electrons. The standard InChI is InChI=1S/C15H19N3O2/c1-10(14(19)16-2)9-18(3)15(20)12-6-4-5-11-7-8-17-13(11)12/h4-8,10,17H,9H2,1-3H3,(H,16,19). The van der Waals surface area contributed by atoms with Gasteiger partial charge in [-0.25, -0.2) is 0 Å². The van der Waals surface area contributed by atoms with Gasteiger partial charge in [0.1, 0.15) is 0 Å². The molecule has 1 heterocycles. The number of amides is 2. The lowest BCUT2D eigenvalue weighted by atomic mass is 10.1. The van der Waals surface area contributed by atoms with Crippen molar-refractivity contribution < 1.29 is 9.59 Å². The minimum Gasteiger partial charge on any atom is -0.361 e. The van der Waals surface area contributed by atoms with Crippen molar-refractivity contribution in [3.05, 3.63) is 36.0 Å². The van der Waals surface area contributed by atoms with Crippen LogP contribution in [-0.2, 0) is 4.79 Å². The fraction of sp³-hybridized carbons (Fsp3) is 0.333. The van der Waals surface area contributed by atoms with Crippen LogP contribution in [0.3, 0.4) is 0 Å². The maximum atomic E-state index is 12.5. The Balaban J connectivity index is 2.18. The van der Waals surface area contributed by atoms with Crippen molar-refractivity contribution >= 4 is 22.7 Å². The van der Waals surface area contributed by atoms with E-state index in [1.54, 1.807) is 32.0 Å². The summed E-state index contributed by atoms with van der Waals surface area (Å²) >= 11 is 0. The third-order valence-electron chi connectivity index (χ3n) is 3.41. The lowest BCUT2D eigenvalue weighted by Crippen LogP contribution is -2.37. The number of aromatic nitrogens is 1. The third kappa shape index (κ3) is 2.66. The molecule has 1 aromatic heterocycles. The van der Waals surface area contributed by atoms with Gasteiger partial charge in [-0.1, -0.05) is 19.1 Å². The molecule has 0 saturated heterocycles. The Labute approximate surface area is 118 Å². The van der Waals surface area contributed by atoms with Crippen molar-refractivity contribution in [2.24, 2.45) is 5.92 Å². The Hall–Kier alpha value is -2.30. The normalized spacial score (nSPS) is 12.2. The number of aromatic amines is 1. The van der Waals surface area contributed by atoms with Crippen LogP contribution in [0.4, 0.5) is 0 Å². The van der Waals surface area contributed by atoms with Crippen LogP contribution in [0, 0.1) is 5.92 Å². The van der Waals surface area contributed by atoms with E-state index < -0.39 is 0 Å². The van der Waals surface area contributed by atoms with Crippen LogP contribution in [0.25, 0.3) is 10.9 Å². The van der Waals surface area contributed by atoms with Crippen LogP contribution in [0.1, 0.15) is 17.3 Å². The zero-order valence-electron chi connectivity index (χ0n) is 11.9. The molecule has 1 aromatic carbocycles. The lowest BCUT2D eigenvalue weighted by Gasteiger charge is -2.21. The Morgan fingerprint density at radius 2 is 2.10 bits per heavy atom. The summed E-state index contributed by atoms with van der Waals surface area (Å²) in [5, 5.41) is 3.59. The van der Waals surface area contributed by atoms with Crippen LogP contribution < -0.4 is 5.32 Å². The molecule has 1 unspecified atom stereocenters. The average Bonchev–Trinajstić information content (AvgIpc) is 2.93. The number of carbonyl (C=O) groups excluding carboxylic acids is 2. The van der Waals surface area contributed by atoms with Crippen molar-refractivity contribution in [1.29, 1.82) is 0 Å². The van der Waals surface area contributed by atoms with Crippen LogP contribution in [-0.4, -0.2) is 42.3 Å². The van der Waals surface area contributed by atoms with Gasteiger partial charge in [0.05, 0.1) is 17.0 Å². The summed E-state index contributed by atoms with van der Waals surface area (Å²) in [4.78, 5) is 28.7. The van der Waals surface area contributed by atoms with E-state index in [0.717, 1.165) is 10.9 Å². The zero-order chi connectivity index (χ0) is 14.7. The highest BCUT2D eigenvalue weighted by molar-refractivity contribution is 6.05. The minimum atomic E-state index is -0.239. The molecule has 2 aromatic rings. The number of H-pyrrole nitrogens is 1. The van der Waals surface area contributed by atoms with E-state index in [2.05, 4.69) is 10.3 Å². The van der Waals surface area contributed by atoms with Crippen LogP contribution in [0.2, 0.25) is 0 Å². The van der Waals surface area contributed by atoms with Crippen molar-refractivity contribution in [3.63, 3.8) is 0 Å². The number of nitrogens with zero attached hydrogens (tertiary/aromatic N) is 1. The molecular weight excluding hydrogens is 254 g/mol. The molecule has 0 fully saturated rings. The smallest absolute Gasteiger partial charge is 0.255 e. The number of benzene rings is 1. The molecule has 20 heavy (non-hydrogen) atoms. The molecule has 5 heteroatoms. The van der Waals surface area contributed by atoms with E-state index in [4.69, 9.17) is 0 Å². The van der Waals surface area contributed by atoms with Crippen molar-refractivity contribution in [2.75, 3.05) is 20.6 Å². The number of rotatable bonds is 4. The van der Waals surface area contributed by atoms with E-state index in [1.807, 2.05) is 24.4 Å². The van der Waals surface area contributed by atoms with Crippen LogP contribution in [0.15, 0.2) is 30.5 Å². The van der Waals surface area contributed by atoms with Gasteiger partial charge in [0.2, 0.25) is 5.91 Å². The quantitative estimate of drug-likeness (QED) is 0.889. The highest BCUT2D eigenvalue weighted by atomic mass is 16.2. The monoisotopic (exact) mass is 273 g/mol. The second kappa shape index (κ2) is 5.77. The van der Waals surface area contributed by atoms with E-state index in [0.29, 0.717) is 12.1 Å². The van der Waals surface area contributed by atoms with Gasteiger partial charge in [-0.05, 0) is 12.1 Å². The van der Waals surface area contributed by atoms with Gasteiger partial charge >= 0.3 is 0 Å². The summed E-state index contributed by atoms with van der Waals surface area (Å²) < 4.78 is 0. The molecule has 0 spiro atoms. The number of para-hydroxylation sites is 1. The summed E-state index contributed by atoms with van der Waals surface area (Å²) in [6.07, 6.45) is 1.81. The highest BCUT2D eigenvalue weighted by Gasteiger charge is 2.20. The Morgan fingerprint density at radius 3 is 2.80 bits per heavy atom. The summed E-state index contributed by atoms with van der Waals surface area (Å²) in [5.74, 6) is -0.395. The van der Waals surface area contributed by atoms with Gasteiger partial charge in [0.25, 0.3) is 5.91 Å². The second-order valence-electron chi connectivity index (χ2n) is 4.95. The third-order valence-corrected chi connectivity index (χ3v) is 3.41. The predicted octanol–water partition coefficient (Wildman–Crippen LogP) is 1.62. The van der Waals surface area contributed by atoms with Gasteiger partial charge in [-0.2, -0.15) is 0 Å². The fourth-order valence-electron chi connectivity index (χ4n) is 2.29. The number of hydrogen-bond donors (Lipinski definition) is 2. The largest absolute Gasteiger partial charge is 0.361 e. The molecule has 2 amide bonds. The molecule has 0 bridgehead atoms. The first-order valence-corrected chi connectivity index (χ1v) is 6.57. The SMILES string of the molecule is CNC(=O)C(C)CN(C)C(=O)c1cccc2cc[nH]c12. The number of fused-ring (bicyclic) bond motifs is 1. The average molecular weight is 273 g/mol. The molecule has 1 atom stereocenters. The van der Waals surface area contributed by atoms with Crippen molar-refractivity contribution in [3.8, 4) is 0 Å². The first kappa shape index (κ1) is 14.1. The van der Waals surface area contributed by atoms with E-state index >= 15 is 0 Å². The molecule has 0 aliphatic carbocycles. The summed E-state index contributed by atoms with van der Waals surface area (Å²) in [5.41, 5.74) is 1.45. The lowest BCUT2D eigenvalue weighted by molar-refractivity contribution is -0.124. The predicted molar refractivity (Wildman–Crippen MR) is 78.5 cm³/mol. The molecule has 2 N–H and O–H groups in total. The Kier molecular flexibility index (Phi) is 4.08. The maximum absolute atomic E-state index is 12.5. The van der Waals surface area contributed by atoms with E-state index in [9.17, 15) is 9.59 Å². The first-order valence-electron chi connectivity index (χ1n) is 6.57. The van der Waals surface area contributed by atoms with E-state index in [-0.39, 0.29) is 17.7 Å². The van der Waals surface area contributed by atoms with Gasteiger partial charge in [-0.15, -0.1) is 0 Å². The van der Waals surface area contributed by atoms with Gasteiger partial charge in [0, 0.05) is 32.2 Å². The van der Waals surface area contributed by atoms with Crippen molar-refractivity contribution in [2.45, 2.75) is 6.92 Å². The molecule has 0 saturated carbocycles. The minimum absolute atomic E-state index is 0.0669. The van der Waals surface area contributed by atoms with Gasteiger partial charge in [0.15, 0.2) is 0 Å². The number of carbonyl (C=O) groups is 2. The Bertz CT molecular complexity index is 633. The molecule has 0 aliphatic heterocycles. The Morgan fingerprint density at radius 1 is 1.35 bits per heavy atom. The molecular formula is C15H19N3O2. The number of hydrogen-bond acceptors (Lipinski definition) is 2. The van der Waals surface area contributed by atoms with E-state index in [1.165, 1.54) is 0 Å². The molecule has 0 radical (unpaired) electrons. The van der Waals surface area contributed by atoms with Crippen molar-refractivity contribution in [1.82, 2.24) is 15.2 Å². The zero-order valence-corrected chi connectivity index (χ0v) is 11.9. The summed E-state index contributed by atoms with van der Waals surface area (Å²) in [6.45, 7) is 2.19. The number of nitrogens with one attached hydrogen (secondary N) is 2. The fourth-order valence-corrected chi connectivity index (χ4v) is 2.29. The van der Waals surface area contributed by atoms with Gasteiger partial charge < -0.3 is 15.2 Å². The second-order valence-corrected chi connectivity index (χ2v) is 4.95. The van der Waals surface area contributed by atoms with Gasteiger partial charge in [-0.3, -0.25) is 9.59 Å². The summed E-state index contributed by atoms with van der Waals surface area (Å²) in [6, 6.07) is 7.54. The van der Waals surface area contributed by atoms with Crippen LogP contribution >= 0.6 is 0 Å². The first-order chi connectivity index (χ1) is 9.54. The van der Waals surface area contributed by atoms with Crippen LogP contribution in [0.5, 0.6) is 0 Å². The molecule has 2 rings (SSSR count). The molecule has 5 nitrogen and oxygen atoms in total. The topological polar surface area (TPSA) is 65.2 Å². The highest BCUT2D eigenvalue weighted by Crippen LogP contribution is 2.18.